The predicted molar refractivity (Wildman–Crippen MR) is 133 cm³/mol. The summed E-state index contributed by atoms with van der Waals surface area (Å²) < 4.78 is 5.93. The van der Waals surface area contributed by atoms with Gasteiger partial charge in [-0.25, -0.2) is 4.99 Å². The maximum absolute atomic E-state index is 6.40. The number of aliphatic imine (C=N–C) groups is 1. The van der Waals surface area contributed by atoms with Crippen LogP contribution in [0.2, 0.25) is 0 Å². The highest BCUT2D eigenvalue weighted by Gasteiger charge is 2.23. The first kappa shape index (κ1) is 22.7. The summed E-state index contributed by atoms with van der Waals surface area (Å²) in [4.78, 5) is 5.07. The molecule has 0 aliphatic heterocycles. The van der Waals surface area contributed by atoms with Crippen molar-refractivity contribution in [1.82, 2.24) is 5.32 Å². The van der Waals surface area contributed by atoms with Gasteiger partial charge in [-0.15, -0.1) is 0 Å². The van der Waals surface area contributed by atoms with E-state index < -0.39 is 0 Å². The molecule has 32 heavy (non-hydrogen) atoms. The van der Waals surface area contributed by atoms with Crippen LogP contribution in [0.15, 0.2) is 59.6 Å². The Morgan fingerprint density at radius 2 is 1.53 bits per heavy atom. The topological polar surface area (TPSA) is 71.7 Å². The van der Waals surface area contributed by atoms with Crippen LogP contribution < -0.4 is 21.1 Å². The van der Waals surface area contributed by atoms with E-state index in [0.717, 1.165) is 30.2 Å². The maximum Gasteiger partial charge on any atom is 0.196 e. The van der Waals surface area contributed by atoms with Crippen LogP contribution in [0.5, 0.6) is 5.75 Å². The molecule has 2 saturated carbocycles. The Morgan fingerprint density at radius 3 is 2.25 bits per heavy atom. The Bertz CT molecular complexity index is 828. The monoisotopic (exact) mass is 434 g/mol. The fraction of sp³-hybridized carbons (Fsp3) is 0.519. The molecule has 0 unspecified atom stereocenters. The number of rotatable bonds is 6. The minimum absolute atomic E-state index is 0.158. The van der Waals surface area contributed by atoms with E-state index in [1.807, 2.05) is 30.3 Å². The molecular formula is C27H38N4O. The minimum Gasteiger partial charge on any atom is -0.489 e. The molecule has 5 nitrogen and oxygen atoms in total. The van der Waals surface area contributed by atoms with Crippen LogP contribution in [0.3, 0.4) is 0 Å². The van der Waals surface area contributed by atoms with Crippen molar-refractivity contribution in [3.63, 3.8) is 0 Å². The van der Waals surface area contributed by atoms with Gasteiger partial charge in [-0.1, -0.05) is 68.9 Å². The Kier molecular flexibility index (Phi) is 8.43. The van der Waals surface area contributed by atoms with Crippen molar-refractivity contribution in [2.45, 2.75) is 88.9 Å². The van der Waals surface area contributed by atoms with Gasteiger partial charge >= 0.3 is 0 Å². The second kappa shape index (κ2) is 11.9. The molecule has 4 N–H and O–H groups in total. The molecule has 2 aliphatic carbocycles. The number of nitrogens with zero attached hydrogens (tertiary/aromatic N) is 1. The number of nitrogens with one attached hydrogen (secondary N) is 2. The van der Waals surface area contributed by atoms with E-state index in [4.69, 9.17) is 15.5 Å². The van der Waals surface area contributed by atoms with Crippen LogP contribution in [0.4, 0.5) is 5.69 Å². The van der Waals surface area contributed by atoms with E-state index in [9.17, 15) is 0 Å². The van der Waals surface area contributed by atoms with Gasteiger partial charge in [0.05, 0.1) is 6.04 Å². The Hall–Kier alpha value is -2.53. The van der Waals surface area contributed by atoms with Crippen LogP contribution in [-0.2, 0) is 6.61 Å². The summed E-state index contributed by atoms with van der Waals surface area (Å²) in [7, 11) is 0. The van der Waals surface area contributed by atoms with Gasteiger partial charge in [0.15, 0.2) is 5.96 Å². The van der Waals surface area contributed by atoms with Gasteiger partial charge in [0.25, 0.3) is 0 Å². The highest BCUT2D eigenvalue weighted by Crippen LogP contribution is 2.22. The fourth-order valence-corrected chi connectivity index (χ4v) is 4.70. The van der Waals surface area contributed by atoms with E-state index in [2.05, 4.69) is 34.9 Å². The van der Waals surface area contributed by atoms with Crippen molar-refractivity contribution < 1.29 is 4.74 Å². The Morgan fingerprint density at radius 1 is 0.844 bits per heavy atom. The summed E-state index contributed by atoms with van der Waals surface area (Å²) >= 11 is 0. The molecule has 0 saturated heterocycles. The lowest BCUT2D eigenvalue weighted by Gasteiger charge is -2.28. The molecule has 4 rings (SSSR count). The SMILES string of the molecule is N[C@H]1CCCC[C@@H]1N=C(Nc1ccc(OCc2ccccc2)cc1)NC1CCCCCC1. The zero-order chi connectivity index (χ0) is 22.0. The molecule has 0 heterocycles. The maximum atomic E-state index is 6.40. The molecule has 2 aromatic rings. The number of nitrogens with two attached hydrogens (primary N) is 1. The fourth-order valence-electron chi connectivity index (χ4n) is 4.70. The molecule has 2 aromatic carbocycles. The third-order valence-electron chi connectivity index (χ3n) is 6.64. The van der Waals surface area contributed by atoms with E-state index in [0.29, 0.717) is 12.6 Å². The van der Waals surface area contributed by atoms with Crippen molar-refractivity contribution in [1.29, 1.82) is 0 Å². The standard InChI is InChI=1S/C27H38N4O/c28-25-14-8-9-15-26(25)31-27(29-22-12-6-1-2-7-13-22)30-23-16-18-24(19-17-23)32-20-21-10-4-3-5-11-21/h3-5,10-11,16-19,22,25-26H,1-2,6-9,12-15,20,28H2,(H2,29,30,31)/t25-,26-/m0/s1. The number of anilines is 1. The summed E-state index contributed by atoms with van der Waals surface area (Å²) in [6.07, 6.45) is 12.3. The van der Waals surface area contributed by atoms with Gasteiger partial charge in [0.2, 0.25) is 0 Å². The lowest BCUT2D eigenvalue weighted by Crippen LogP contribution is -2.43. The molecule has 172 valence electrons. The molecule has 0 amide bonds. The van der Waals surface area contributed by atoms with E-state index >= 15 is 0 Å². The molecule has 0 aromatic heterocycles. The van der Waals surface area contributed by atoms with Crippen molar-refractivity contribution in [3.8, 4) is 5.75 Å². The van der Waals surface area contributed by atoms with Crippen LogP contribution in [0.1, 0.15) is 69.8 Å². The van der Waals surface area contributed by atoms with E-state index in [1.54, 1.807) is 0 Å². The molecule has 2 fully saturated rings. The summed E-state index contributed by atoms with van der Waals surface area (Å²) in [6.45, 7) is 0.573. The van der Waals surface area contributed by atoms with Crippen molar-refractivity contribution in [2.75, 3.05) is 5.32 Å². The lowest BCUT2D eigenvalue weighted by molar-refractivity contribution is 0.306. The number of hydrogen-bond acceptors (Lipinski definition) is 3. The first-order valence-electron chi connectivity index (χ1n) is 12.4. The number of hydrogen-bond donors (Lipinski definition) is 3. The average Bonchev–Trinajstić information content (AvgIpc) is 3.09. The third kappa shape index (κ3) is 6.99. The van der Waals surface area contributed by atoms with Crippen molar-refractivity contribution in [2.24, 2.45) is 10.7 Å². The molecule has 0 spiro atoms. The predicted octanol–water partition coefficient (Wildman–Crippen LogP) is 5.62. The quantitative estimate of drug-likeness (QED) is 0.314. The van der Waals surface area contributed by atoms with Crippen LogP contribution in [-0.4, -0.2) is 24.1 Å². The number of guanidine groups is 1. The Labute approximate surface area is 192 Å². The highest BCUT2D eigenvalue weighted by molar-refractivity contribution is 5.94. The van der Waals surface area contributed by atoms with Gasteiger partial charge in [-0.2, -0.15) is 0 Å². The van der Waals surface area contributed by atoms with Crippen LogP contribution in [0.25, 0.3) is 0 Å². The molecule has 2 atom stereocenters. The van der Waals surface area contributed by atoms with Gasteiger partial charge < -0.3 is 21.1 Å². The van der Waals surface area contributed by atoms with Gasteiger partial charge in [0, 0.05) is 17.8 Å². The lowest BCUT2D eigenvalue weighted by atomic mass is 9.91. The van der Waals surface area contributed by atoms with Gasteiger partial charge in [-0.3, -0.25) is 0 Å². The number of benzene rings is 2. The van der Waals surface area contributed by atoms with E-state index in [-0.39, 0.29) is 12.1 Å². The second-order valence-corrected chi connectivity index (χ2v) is 9.25. The van der Waals surface area contributed by atoms with Crippen LogP contribution in [0, 0.1) is 0 Å². The Balaban J connectivity index is 1.41. The number of ether oxygens (including phenoxy) is 1. The summed E-state index contributed by atoms with van der Waals surface area (Å²) in [5.74, 6) is 1.74. The summed E-state index contributed by atoms with van der Waals surface area (Å²) in [6, 6.07) is 19.2. The highest BCUT2D eigenvalue weighted by atomic mass is 16.5. The zero-order valence-corrected chi connectivity index (χ0v) is 19.1. The first-order chi connectivity index (χ1) is 15.8. The molecular weight excluding hydrogens is 396 g/mol. The molecule has 2 aliphatic rings. The van der Waals surface area contributed by atoms with Crippen LogP contribution >= 0.6 is 0 Å². The van der Waals surface area contributed by atoms with Gasteiger partial charge in [0.1, 0.15) is 12.4 Å². The van der Waals surface area contributed by atoms with E-state index in [1.165, 1.54) is 56.9 Å². The largest absolute Gasteiger partial charge is 0.489 e. The minimum atomic E-state index is 0.158. The second-order valence-electron chi connectivity index (χ2n) is 9.25. The normalized spacial score (nSPS) is 22.7. The van der Waals surface area contributed by atoms with Gasteiger partial charge in [-0.05, 0) is 55.5 Å². The smallest absolute Gasteiger partial charge is 0.196 e. The van der Waals surface area contributed by atoms with Crippen molar-refractivity contribution >= 4 is 11.6 Å². The molecule has 0 radical (unpaired) electrons. The summed E-state index contributed by atoms with van der Waals surface area (Å²) in [5, 5.41) is 7.27. The first-order valence-corrected chi connectivity index (χ1v) is 12.4. The van der Waals surface area contributed by atoms with Crippen molar-refractivity contribution in [3.05, 3.63) is 60.2 Å². The summed E-state index contributed by atoms with van der Waals surface area (Å²) in [5.41, 5.74) is 8.58. The zero-order valence-electron chi connectivity index (χ0n) is 19.1. The third-order valence-corrected chi connectivity index (χ3v) is 6.64. The molecule has 5 heteroatoms. The molecule has 0 bridgehead atoms. The average molecular weight is 435 g/mol.